The summed E-state index contributed by atoms with van der Waals surface area (Å²) in [6.45, 7) is 1.56. The molecule has 3 nitrogen and oxygen atoms in total. The van der Waals surface area contributed by atoms with Gasteiger partial charge in [-0.05, 0) is 24.8 Å². The molecule has 1 aromatic carbocycles. The fourth-order valence-corrected chi connectivity index (χ4v) is 3.39. The first kappa shape index (κ1) is 13.3. The van der Waals surface area contributed by atoms with Crippen LogP contribution in [0.15, 0.2) is 29.3 Å². The second-order valence-corrected chi connectivity index (χ2v) is 5.91. The van der Waals surface area contributed by atoms with Gasteiger partial charge in [0.2, 0.25) is 0 Å². The highest BCUT2D eigenvalue weighted by molar-refractivity contribution is 5.90. The van der Waals surface area contributed by atoms with Crippen LogP contribution >= 0.6 is 0 Å². The molecule has 1 aliphatic heterocycles. The lowest BCUT2D eigenvalue weighted by atomic mass is 9.88. The third-order valence-corrected chi connectivity index (χ3v) is 4.51. The van der Waals surface area contributed by atoms with E-state index in [4.69, 9.17) is 0 Å². The predicted octanol–water partition coefficient (Wildman–Crippen LogP) is 3.07. The molecule has 1 saturated carbocycles. The monoisotopic (exact) mass is 270 g/mol. The van der Waals surface area contributed by atoms with Gasteiger partial charge in [0.1, 0.15) is 12.3 Å². The van der Waals surface area contributed by atoms with Gasteiger partial charge in [-0.2, -0.15) is 0 Å². The Morgan fingerprint density at radius 3 is 2.80 bits per heavy atom. The summed E-state index contributed by atoms with van der Waals surface area (Å²) in [5.74, 6) is 0.720. The fourth-order valence-electron chi connectivity index (χ4n) is 3.39. The van der Waals surface area contributed by atoms with Crippen molar-refractivity contribution in [3.05, 3.63) is 29.8 Å². The summed E-state index contributed by atoms with van der Waals surface area (Å²) >= 11 is 0. The molecular weight excluding hydrogens is 248 g/mol. The predicted molar refractivity (Wildman–Crippen MR) is 82.7 cm³/mol. The highest BCUT2D eigenvalue weighted by atomic mass is 16.1. The van der Waals surface area contributed by atoms with Crippen LogP contribution in [-0.4, -0.2) is 31.6 Å². The van der Waals surface area contributed by atoms with Gasteiger partial charge in [0, 0.05) is 24.0 Å². The number of carbonyl (C=O) groups excluding carboxylic acids is 1. The van der Waals surface area contributed by atoms with Crippen molar-refractivity contribution in [1.82, 2.24) is 0 Å². The van der Waals surface area contributed by atoms with Crippen molar-refractivity contribution in [3.8, 4) is 0 Å². The van der Waals surface area contributed by atoms with Gasteiger partial charge in [-0.3, -0.25) is 4.99 Å². The standard InChI is InChI=1S/C17H22N2O/c20-13-16-11-18-10-15-8-4-5-9-17(15)19(16)12-14-6-2-1-3-7-14/h4-5,8-10,13-14,16H,1-3,6-7,11-12H2. The van der Waals surface area contributed by atoms with Gasteiger partial charge < -0.3 is 9.69 Å². The van der Waals surface area contributed by atoms with Crippen LogP contribution in [0.25, 0.3) is 0 Å². The summed E-state index contributed by atoms with van der Waals surface area (Å²) < 4.78 is 0. The van der Waals surface area contributed by atoms with Gasteiger partial charge in [-0.25, -0.2) is 0 Å². The summed E-state index contributed by atoms with van der Waals surface area (Å²) in [6.07, 6.45) is 9.60. The number of hydrogen-bond donors (Lipinski definition) is 0. The van der Waals surface area contributed by atoms with Crippen molar-refractivity contribution in [1.29, 1.82) is 0 Å². The number of nitrogens with zero attached hydrogens (tertiary/aromatic N) is 2. The Labute approximate surface area is 120 Å². The zero-order chi connectivity index (χ0) is 13.8. The molecule has 1 aromatic rings. The van der Waals surface area contributed by atoms with Crippen LogP contribution in [0.1, 0.15) is 37.7 Å². The molecule has 106 valence electrons. The maximum absolute atomic E-state index is 11.5. The first-order chi connectivity index (χ1) is 9.88. The topological polar surface area (TPSA) is 32.7 Å². The van der Waals surface area contributed by atoms with E-state index in [0.717, 1.165) is 30.0 Å². The normalized spacial score (nSPS) is 23.2. The van der Waals surface area contributed by atoms with Crippen molar-refractivity contribution in [2.45, 2.75) is 38.1 Å². The zero-order valence-corrected chi connectivity index (χ0v) is 11.9. The maximum atomic E-state index is 11.5. The summed E-state index contributed by atoms with van der Waals surface area (Å²) in [4.78, 5) is 18.2. The molecule has 0 amide bonds. The maximum Gasteiger partial charge on any atom is 0.144 e. The minimum absolute atomic E-state index is 0.114. The van der Waals surface area contributed by atoms with Crippen LogP contribution in [0, 0.1) is 5.92 Å². The molecule has 2 aliphatic rings. The third-order valence-electron chi connectivity index (χ3n) is 4.51. The van der Waals surface area contributed by atoms with E-state index >= 15 is 0 Å². The first-order valence-corrected chi connectivity index (χ1v) is 7.69. The average Bonchev–Trinajstić information content (AvgIpc) is 2.68. The van der Waals surface area contributed by atoms with E-state index in [2.05, 4.69) is 22.0 Å². The van der Waals surface area contributed by atoms with Gasteiger partial charge in [0.05, 0.1) is 6.54 Å². The van der Waals surface area contributed by atoms with E-state index in [9.17, 15) is 4.79 Å². The second kappa shape index (κ2) is 6.21. The van der Waals surface area contributed by atoms with Crippen molar-refractivity contribution < 1.29 is 4.79 Å². The number of anilines is 1. The largest absolute Gasteiger partial charge is 0.359 e. The fraction of sp³-hybridized carbons (Fsp3) is 0.529. The van der Waals surface area contributed by atoms with Gasteiger partial charge in [0.25, 0.3) is 0 Å². The SMILES string of the molecule is O=CC1CN=Cc2ccccc2N1CC1CCCCC1. The zero-order valence-electron chi connectivity index (χ0n) is 11.9. The lowest BCUT2D eigenvalue weighted by Crippen LogP contribution is -2.42. The molecule has 0 N–H and O–H groups in total. The number of rotatable bonds is 3. The Kier molecular flexibility index (Phi) is 4.14. The number of para-hydroxylation sites is 1. The molecule has 0 spiro atoms. The molecule has 1 atom stereocenters. The van der Waals surface area contributed by atoms with E-state index in [1.807, 2.05) is 18.3 Å². The van der Waals surface area contributed by atoms with Gasteiger partial charge in [-0.1, -0.05) is 37.5 Å². The Bertz CT molecular complexity index is 492. The molecule has 0 aromatic heterocycles. The molecule has 20 heavy (non-hydrogen) atoms. The number of aliphatic imine (C=N–C) groups is 1. The molecule has 3 rings (SSSR count). The van der Waals surface area contributed by atoms with Crippen molar-refractivity contribution in [2.24, 2.45) is 10.9 Å². The molecule has 1 fully saturated rings. The van der Waals surface area contributed by atoms with E-state index in [-0.39, 0.29) is 6.04 Å². The first-order valence-electron chi connectivity index (χ1n) is 7.69. The van der Waals surface area contributed by atoms with Crippen LogP contribution in [0.5, 0.6) is 0 Å². The van der Waals surface area contributed by atoms with Crippen molar-refractivity contribution in [3.63, 3.8) is 0 Å². The van der Waals surface area contributed by atoms with Crippen LogP contribution in [-0.2, 0) is 4.79 Å². The molecular formula is C17H22N2O. The van der Waals surface area contributed by atoms with Gasteiger partial charge in [0.15, 0.2) is 0 Å². The Morgan fingerprint density at radius 2 is 2.00 bits per heavy atom. The number of carbonyl (C=O) groups is 1. The Hall–Kier alpha value is -1.64. The van der Waals surface area contributed by atoms with E-state index in [1.165, 1.54) is 32.1 Å². The van der Waals surface area contributed by atoms with Crippen LogP contribution in [0.3, 0.4) is 0 Å². The van der Waals surface area contributed by atoms with Crippen LogP contribution in [0.4, 0.5) is 5.69 Å². The molecule has 1 heterocycles. The third kappa shape index (κ3) is 2.77. The number of fused-ring (bicyclic) bond motifs is 1. The molecule has 1 unspecified atom stereocenters. The average molecular weight is 270 g/mol. The molecule has 0 bridgehead atoms. The lowest BCUT2D eigenvalue weighted by molar-refractivity contribution is -0.108. The quantitative estimate of drug-likeness (QED) is 0.791. The number of hydrogen-bond acceptors (Lipinski definition) is 3. The summed E-state index contributed by atoms with van der Waals surface area (Å²) in [7, 11) is 0. The minimum Gasteiger partial charge on any atom is -0.359 e. The molecule has 0 radical (unpaired) electrons. The highest BCUT2D eigenvalue weighted by Crippen LogP contribution is 2.29. The summed E-state index contributed by atoms with van der Waals surface area (Å²) in [5.41, 5.74) is 2.30. The van der Waals surface area contributed by atoms with E-state index in [1.54, 1.807) is 0 Å². The molecule has 0 saturated heterocycles. The minimum atomic E-state index is -0.114. The number of benzodiazepines with no additional fused rings is 1. The van der Waals surface area contributed by atoms with Crippen LogP contribution < -0.4 is 4.90 Å². The second-order valence-electron chi connectivity index (χ2n) is 5.91. The number of benzene rings is 1. The van der Waals surface area contributed by atoms with E-state index in [0.29, 0.717) is 6.54 Å². The highest BCUT2D eigenvalue weighted by Gasteiger charge is 2.25. The summed E-state index contributed by atoms with van der Waals surface area (Å²) in [6, 6.07) is 8.17. The van der Waals surface area contributed by atoms with Crippen molar-refractivity contribution >= 4 is 18.2 Å². The van der Waals surface area contributed by atoms with E-state index < -0.39 is 0 Å². The molecule has 1 aliphatic carbocycles. The van der Waals surface area contributed by atoms with Crippen molar-refractivity contribution in [2.75, 3.05) is 18.0 Å². The van der Waals surface area contributed by atoms with Crippen LogP contribution in [0.2, 0.25) is 0 Å². The number of aldehydes is 1. The molecule has 3 heteroatoms. The van der Waals surface area contributed by atoms with Gasteiger partial charge >= 0.3 is 0 Å². The smallest absolute Gasteiger partial charge is 0.144 e. The lowest BCUT2D eigenvalue weighted by Gasteiger charge is -2.34. The summed E-state index contributed by atoms with van der Waals surface area (Å²) in [5, 5.41) is 0. The Balaban J connectivity index is 1.86. The Morgan fingerprint density at radius 1 is 1.20 bits per heavy atom. The van der Waals surface area contributed by atoms with Gasteiger partial charge in [-0.15, -0.1) is 0 Å².